The minimum Gasteiger partial charge on any atom is -0.466 e. The van der Waals surface area contributed by atoms with Gasteiger partial charge in [-0.25, -0.2) is 4.98 Å². The summed E-state index contributed by atoms with van der Waals surface area (Å²) in [6.45, 7) is 6.86. The average Bonchev–Trinajstić information content (AvgIpc) is 2.97. The molecule has 0 unspecified atom stereocenters. The van der Waals surface area contributed by atoms with Gasteiger partial charge >= 0.3 is 5.97 Å². The van der Waals surface area contributed by atoms with Crippen LogP contribution in [0.5, 0.6) is 0 Å². The van der Waals surface area contributed by atoms with Gasteiger partial charge in [-0.15, -0.1) is 35.3 Å². The third-order valence-corrected chi connectivity index (χ3v) is 4.89. The van der Waals surface area contributed by atoms with Crippen LogP contribution in [0.2, 0.25) is 0 Å². The maximum Gasteiger partial charge on any atom is 0.309 e. The monoisotopic (exact) mass is 466 g/mol. The molecule has 1 aliphatic heterocycles. The summed E-state index contributed by atoms with van der Waals surface area (Å²) in [6, 6.07) is 0. The number of hydrogen-bond donors (Lipinski definition) is 1. The largest absolute Gasteiger partial charge is 0.466 e. The lowest BCUT2D eigenvalue weighted by atomic mass is 9.97. The first-order chi connectivity index (χ1) is 11.1. The van der Waals surface area contributed by atoms with E-state index in [0.29, 0.717) is 6.61 Å². The summed E-state index contributed by atoms with van der Waals surface area (Å²) in [4.78, 5) is 24.0. The van der Waals surface area contributed by atoms with E-state index in [0.717, 1.165) is 49.9 Å². The van der Waals surface area contributed by atoms with Crippen LogP contribution in [0.15, 0.2) is 11.2 Å². The first kappa shape index (κ1) is 21.1. The van der Waals surface area contributed by atoms with E-state index in [2.05, 4.69) is 27.1 Å². The molecule has 8 heteroatoms. The molecular weight excluding hydrogens is 439 g/mol. The predicted molar refractivity (Wildman–Crippen MR) is 108 cm³/mol. The Bertz CT molecular complexity index is 542. The molecule has 0 bridgehead atoms. The molecule has 1 aromatic heterocycles. The number of ether oxygens (including phenoxy) is 1. The van der Waals surface area contributed by atoms with Crippen molar-refractivity contribution in [2.45, 2.75) is 33.1 Å². The molecule has 0 amide bonds. The van der Waals surface area contributed by atoms with Crippen molar-refractivity contribution in [2.24, 2.45) is 10.9 Å². The number of guanidine groups is 1. The highest BCUT2D eigenvalue weighted by atomic mass is 127. The van der Waals surface area contributed by atoms with Crippen LogP contribution >= 0.6 is 35.3 Å². The maximum atomic E-state index is 11.8. The molecule has 136 valence electrons. The second-order valence-electron chi connectivity index (χ2n) is 5.60. The van der Waals surface area contributed by atoms with Crippen LogP contribution in [0, 0.1) is 12.8 Å². The Hall–Kier alpha value is -0.900. The van der Waals surface area contributed by atoms with E-state index < -0.39 is 0 Å². The van der Waals surface area contributed by atoms with Crippen molar-refractivity contribution in [3.8, 4) is 0 Å². The zero-order valence-electron chi connectivity index (χ0n) is 14.6. The number of aromatic nitrogens is 1. The minimum absolute atomic E-state index is 0. The molecule has 0 atom stereocenters. The second-order valence-corrected chi connectivity index (χ2v) is 6.92. The number of esters is 1. The molecule has 1 N–H and O–H groups in total. The van der Waals surface area contributed by atoms with Gasteiger partial charge in [0.25, 0.3) is 0 Å². The van der Waals surface area contributed by atoms with Crippen LogP contribution in [0.1, 0.15) is 29.7 Å². The standard InChI is InChI=1S/C16H26N4O2S.HI/c1-4-22-15(21)13-6-9-20(10-7-13)16(17-3)18-8-5-14-19-11-12(2)23-14;/h11,13H,4-10H2,1-3H3,(H,17,18);1H. The van der Waals surface area contributed by atoms with Crippen molar-refractivity contribution in [1.82, 2.24) is 15.2 Å². The molecule has 0 spiro atoms. The number of thiazole rings is 1. The fraction of sp³-hybridized carbons (Fsp3) is 0.688. The maximum absolute atomic E-state index is 11.8. The van der Waals surface area contributed by atoms with Crippen LogP contribution in [-0.2, 0) is 16.0 Å². The fourth-order valence-electron chi connectivity index (χ4n) is 2.72. The first-order valence-electron chi connectivity index (χ1n) is 8.17. The number of carbonyl (C=O) groups is 1. The summed E-state index contributed by atoms with van der Waals surface area (Å²) in [7, 11) is 1.80. The number of likely N-dealkylation sites (tertiary alicyclic amines) is 1. The van der Waals surface area contributed by atoms with Crippen molar-refractivity contribution in [3.05, 3.63) is 16.1 Å². The van der Waals surface area contributed by atoms with Crippen LogP contribution in [0.4, 0.5) is 0 Å². The van der Waals surface area contributed by atoms with E-state index in [9.17, 15) is 4.79 Å². The second kappa shape index (κ2) is 10.9. The zero-order chi connectivity index (χ0) is 16.7. The number of nitrogens with zero attached hydrogens (tertiary/aromatic N) is 3. The Morgan fingerprint density at radius 2 is 2.21 bits per heavy atom. The highest BCUT2D eigenvalue weighted by Crippen LogP contribution is 2.18. The quantitative estimate of drug-likeness (QED) is 0.313. The van der Waals surface area contributed by atoms with Gasteiger partial charge in [0.1, 0.15) is 0 Å². The number of hydrogen-bond acceptors (Lipinski definition) is 5. The lowest BCUT2D eigenvalue weighted by Crippen LogP contribution is -2.47. The van der Waals surface area contributed by atoms with E-state index in [-0.39, 0.29) is 35.9 Å². The molecule has 1 aromatic rings. The van der Waals surface area contributed by atoms with Gasteiger partial charge in [0.15, 0.2) is 5.96 Å². The number of rotatable bonds is 5. The Balaban J connectivity index is 0.00000288. The molecular formula is C16H27IN4O2S. The van der Waals surface area contributed by atoms with Gasteiger partial charge < -0.3 is 15.0 Å². The summed E-state index contributed by atoms with van der Waals surface area (Å²) >= 11 is 1.73. The molecule has 0 aromatic carbocycles. The van der Waals surface area contributed by atoms with E-state index in [1.54, 1.807) is 18.4 Å². The number of piperidine rings is 1. The molecule has 0 radical (unpaired) electrons. The molecule has 1 aliphatic rings. The van der Waals surface area contributed by atoms with Crippen LogP contribution in [-0.4, -0.2) is 55.1 Å². The van der Waals surface area contributed by atoms with Crippen molar-refractivity contribution >= 4 is 47.2 Å². The van der Waals surface area contributed by atoms with Gasteiger partial charge in [-0.2, -0.15) is 0 Å². The van der Waals surface area contributed by atoms with Crippen molar-refractivity contribution < 1.29 is 9.53 Å². The first-order valence-corrected chi connectivity index (χ1v) is 8.99. The van der Waals surface area contributed by atoms with Crippen LogP contribution in [0.3, 0.4) is 0 Å². The molecule has 1 fully saturated rings. The topological polar surface area (TPSA) is 66.8 Å². The Kier molecular flexibility index (Phi) is 9.57. The number of halogens is 1. The summed E-state index contributed by atoms with van der Waals surface area (Å²) < 4.78 is 5.11. The highest BCUT2D eigenvalue weighted by molar-refractivity contribution is 14.0. The smallest absolute Gasteiger partial charge is 0.309 e. The number of nitrogens with one attached hydrogen (secondary N) is 1. The summed E-state index contributed by atoms with van der Waals surface area (Å²) in [5.41, 5.74) is 0. The molecule has 0 saturated carbocycles. The molecule has 1 saturated heterocycles. The highest BCUT2D eigenvalue weighted by Gasteiger charge is 2.27. The molecule has 2 rings (SSSR count). The van der Waals surface area contributed by atoms with Crippen molar-refractivity contribution in [1.29, 1.82) is 0 Å². The van der Waals surface area contributed by atoms with E-state index in [4.69, 9.17) is 4.74 Å². The van der Waals surface area contributed by atoms with Crippen molar-refractivity contribution in [3.63, 3.8) is 0 Å². The third kappa shape index (κ3) is 6.19. The van der Waals surface area contributed by atoms with Gasteiger partial charge in [-0.3, -0.25) is 9.79 Å². The predicted octanol–water partition coefficient (Wildman–Crippen LogP) is 2.46. The van der Waals surface area contributed by atoms with Gasteiger partial charge in [-0.1, -0.05) is 0 Å². The lowest BCUT2D eigenvalue weighted by Gasteiger charge is -2.33. The normalized spacial score (nSPS) is 15.8. The Labute approximate surface area is 165 Å². The lowest BCUT2D eigenvalue weighted by molar-refractivity contribution is -0.149. The van der Waals surface area contributed by atoms with Gasteiger partial charge in [0, 0.05) is 44.2 Å². The van der Waals surface area contributed by atoms with Crippen LogP contribution < -0.4 is 5.32 Å². The average molecular weight is 466 g/mol. The SMILES string of the molecule is CCOC(=O)C1CCN(C(=NC)NCCc2ncc(C)s2)CC1.I. The van der Waals surface area contributed by atoms with Gasteiger partial charge in [0.05, 0.1) is 17.5 Å². The summed E-state index contributed by atoms with van der Waals surface area (Å²) in [6.07, 6.45) is 4.46. The van der Waals surface area contributed by atoms with E-state index in [1.165, 1.54) is 4.88 Å². The minimum atomic E-state index is -0.0609. The molecule has 6 nitrogen and oxygen atoms in total. The van der Waals surface area contributed by atoms with Gasteiger partial charge in [-0.05, 0) is 26.7 Å². The molecule has 24 heavy (non-hydrogen) atoms. The Morgan fingerprint density at radius 3 is 2.75 bits per heavy atom. The fourth-order valence-corrected chi connectivity index (χ4v) is 3.50. The number of aryl methyl sites for hydroxylation is 1. The molecule has 0 aliphatic carbocycles. The number of aliphatic imine (C=N–C) groups is 1. The number of carbonyl (C=O) groups excluding carboxylic acids is 1. The molecule has 2 heterocycles. The third-order valence-electron chi connectivity index (χ3n) is 3.92. The van der Waals surface area contributed by atoms with E-state index >= 15 is 0 Å². The summed E-state index contributed by atoms with van der Waals surface area (Å²) in [5, 5.41) is 4.54. The zero-order valence-corrected chi connectivity index (χ0v) is 17.7. The van der Waals surface area contributed by atoms with E-state index in [1.807, 2.05) is 13.1 Å². The Morgan fingerprint density at radius 1 is 1.50 bits per heavy atom. The summed E-state index contributed by atoms with van der Waals surface area (Å²) in [5.74, 6) is 0.873. The van der Waals surface area contributed by atoms with Crippen molar-refractivity contribution in [2.75, 3.05) is 33.3 Å². The van der Waals surface area contributed by atoms with Crippen LogP contribution in [0.25, 0.3) is 0 Å². The van der Waals surface area contributed by atoms with Gasteiger partial charge in [0.2, 0.25) is 0 Å².